The van der Waals surface area contributed by atoms with Crippen LogP contribution in [0.2, 0.25) is 5.02 Å². The summed E-state index contributed by atoms with van der Waals surface area (Å²) in [5, 5.41) is 0.497. The van der Waals surface area contributed by atoms with Crippen molar-refractivity contribution in [2.24, 2.45) is 11.8 Å². The van der Waals surface area contributed by atoms with E-state index in [4.69, 9.17) is 11.6 Å². The van der Waals surface area contributed by atoms with Crippen LogP contribution in [0.1, 0.15) is 40.5 Å². The molecule has 2 rings (SSSR count). The molecule has 7 heteroatoms. The molecule has 0 spiro atoms. The quantitative estimate of drug-likeness (QED) is 0.732. The molecule has 26 heavy (non-hydrogen) atoms. The number of rotatable bonds is 6. The Morgan fingerprint density at radius 3 is 2.38 bits per heavy atom. The Hall–Kier alpha value is -1.11. The molecule has 0 bridgehead atoms. The van der Waals surface area contributed by atoms with Crippen LogP contribution < -0.4 is 0 Å². The third kappa shape index (κ3) is 4.99. The first-order valence-corrected chi connectivity index (χ1v) is 11.0. The lowest BCUT2D eigenvalue weighted by molar-refractivity contribution is -0.139. The molecule has 1 fully saturated rings. The van der Waals surface area contributed by atoms with Gasteiger partial charge in [0.05, 0.1) is 10.8 Å². The average Bonchev–Trinajstić information content (AvgIpc) is 2.59. The summed E-state index contributed by atoms with van der Waals surface area (Å²) in [6, 6.07) is 6.28. The molecule has 1 aromatic rings. The fourth-order valence-electron chi connectivity index (χ4n) is 3.30. The summed E-state index contributed by atoms with van der Waals surface area (Å²) in [6.45, 7) is 9.56. The van der Waals surface area contributed by atoms with Gasteiger partial charge < -0.3 is 4.90 Å². The number of sulfonamides is 1. The highest BCUT2D eigenvalue weighted by Gasteiger charge is 2.35. The second kappa shape index (κ2) is 8.72. The second-order valence-corrected chi connectivity index (χ2v) is 10.0. The summed E-state index contributed by atoms with van der Waals surface area (Å²) in [7, 11) is -3.61. The molecule has 1 aliphatic heterocycles. The number of benzene rings is 1. The predicted octanol–water partition coefficient (Wildman–Crippen LogP) is 3.63. The molecule has 1 heterocycles. The molecule has 0 aromatic heterocycles. The minimum Gasteiger partial charge on any atom is -0.340 e. The second-order valence-electron chi connectivity index (χ2n) is 7.63. The molecule has 0 unspecified atom stereocenters. The van der Waals surface area contributed by atoms with Crippen molar-refractivity contribution < 1.29 is 13.2 Å². The van der Waals surface area contributed by atoms with Gasteiger partial charge in [-0.1, -0.05) is 25.4 Å². The van der Waals surface area contributed by atoms with Crippen molar-refractivity contribution in [1.29, 1.82) is 0 Å². The van der Waals surface area contributed by atoms with Crippen molar-refractivity contribution >= 4 is 27.5 Å². The minimum absolute atomic E-state index is 0.0599. The van der Waals surface area contributed by atoms with Crippen LogP contribution >= 0.6 is 11.6 Å². The Bertz CT molecular complexity index is 717. The maximum absolute atomic E-state index is 13.0. The highest BCUT2D eigenvalue weighted by molar-refractivity contribution is 7.89. The van der Waals surface area contributed by atoms with Crippen LogP contribution in [-0.4, -0.2) is 49.2 Å². The largest absolute Gasteiger partial charge is 0.340 e. The van der Waals surface area contributed by atoms with Crippen LogP contribution in [0.3, 0.4) is 0 Å². The van der Waals surface area contributed by atoms with E-state index in [-0.39, 0.29) is 29.3 Å². The Kier molecular flexibility index (Phi) is 7.11. The van der Waals surface area contributed by atoms with E-state index in [1.807, 2.05) is 18.7 Å². The van der Waals surface area contributed by atoms with Gasteiger partial charge in [-0.15, -0.1) is 0 Å². The summed E-state index contributed by atoms with van der Waals surface area (Å²) in [6.07, 6.45) is 1.42. The lowest BCUT2D eigenvalue weighted by atomic mass is 9.97. The molecule has 0 radical (unpaired) electrons. The molecular weight excluding hydrogens is 372 g/mol. The number of carbonyl (C=O) groups excluding carboxylic acids is 1. The number of carbonyl (C=O) groups is 1. The molecule has 0 N–H and O–H groups in total. The van der Waals surface area contributed by atoms with Crippen molar-refractivity contribution in [3.05, 3.63) is 29.3 Å². The lowest BCUT2D eigenvalue weighted by Crippen LogP contribution is -2.49. The SMILES string of the molecule is CC(C)CN(C(=O)[C@@H]1CCCN(S(=O)(=O)c2ccc(Cl)cc2)C1)C(C)C. The first kappa shape index (κ1) is 21.2. The van der Waals surface area contributed by atoms with Gasteiger partial charge >= 0.3 is 0 Å². The van der Waals surface area contributed by atoms with Crippen LogP contribution in [0, 0.1) is 11.8 Å². The third-order valence-corrected chi connectivity index (χ3v) is 6.78. The standard InChI is InChI=1S/C19H29ClN2O3S/c1-14(2)12-22(15(3)4)19(23)16-6-5-11-21(13-16)26(24,25)18-9-7-17(20)8-10-18/h7-10,14-16H,5-6,11-13H2,1-4H3/t16-/m1/s1. The lowest BCUT2D eigenvalue weighted by Gasteiger charge is -2.36. The summed E-state index contributed by atoms with van der Waals surface area (Å²) in [5.41, 5.74) is 0. The van der Waals surface area contributed by atoms with Gasteiger partial charge in [0, 0.05) is 30.7 Å². The van der Waals surface area contributed by atoms with Gasteiger partial charge in [-0.05, 0) is 56.9 Å². The van der Waals surface area contributed by atoms with E-state index in [9.17, 15) is 13.2 Å². The van der Waals surface area contributed by atoms with E-state index in [2.05, 4.69) is 13.8 Å². The third-order valence-electron chi connectivity index (χ3n) is 4.65. The van der Waals surface area contributed by atoms with Crippen molar-refractivity contribution in [3.8, 4) is 0 Å². The van der Waals surface area contributed by atoms with Gasteiger partial charge in [0.25, 0.3) is 0 Å². The average molecular weight is 401 g/mol. The van der Waals surface area contributed by atoms with Gasteiger partial charge in [-0.25, -0.2) is 8.42 Å². The van der Waals surface area contributed by atoms with Crippen LogP contribution in [0.4, 0.5) is 0 Å². The van der Waals surface area contributed by atoms with Gasteiger partial charge in [0.2, 0.25) is 15.9 Å². The molecule has 0 aliphatic carbocycles. The van der Waals surface area contributed by atoms with Gasteiger partial charge in [-0.3, -0.25) is 4.79 Å². The number of amides is 1. The van der Waals surface area contributed by atoms with Crippen molar-refractivity contribution in [2.45, 2.75) is 51.5 Å². The van der Waals surface area contributed by atoms with Gasteiger partial charge in [0.1, 0.15) is 0 Å². The zero-order chi connectivity index (χ0) is 19.5. The van der Waals surface area contributed by atoms with Gasteiger partial charge in [-0.2, -0.15) is 4.31 Å². The van der Waals surface area contributed by atoms with E-state index in [1.54, 1.807) is 12.1 Å². The van der Waals surface area contributed by atoms with E-state index in [1.165, 1.54) is 16.4 Å². The van der Waals surface area contributed by atoms with Crippen LogP contribution in [0.5, 0.6) is 0 Å². The van der Waals surface area contributed by atoms with E-state index < -0.39 is 10.0 Å². The number of hydrogen-bond acceptors (Lipinski definition) is 3. The molecule has 1 saturated heterocycles. The molecule has 1 aliphatic rings. The first-order chi connectivity index (χ1) is 12.1. The topological polar surface area (TPSA) is 57.7 Å². The number of halogens is 1. The van der Waals surface area contributed by atoms with E-state index in [0.717, 1.165) is 6.42 Å². The normalized spacial score (nSPS) is 19.1. The van der Waals surface area contributed by atoms with Crippen molar-refractivity contribution in [1.82, 2.24) is 9.21 Å². The van der Waals surface area contributed by atoms with E-state index >= 15 is 0 Å². The maximum Gasteiger partial charge on any atom is 0.243 e. The molecule has 146 valence electrons. The molecule has 0 saturated carbocycles. The zero-order valence-electron chi connectivity index (χ0n) is 16.0. The summed E-state index contributed by atoms with van der Waals surface area (Å²) in [4.78, 5) is 15.1. The van der Waals surface area contributed by atoms with Crippen LogP contribution in [-0.2, 0) is 14.8 Å². The monoisotopic (exact) mass is 400 g/mol. The summed E-state index contributed by atoms with van der Waals surface area (Å²) >= 11 is 5.86. The predicted molar refractivity (Wildman–Crippen MR) is 105 cm³/mol. The highest BCUT2D eigenvalue weighted by Crippen LogP contribution is 2.26. The fraction of sp³-hybridized carbons (Fsp3) is 0.632. The molecule has 5 nitrogen and oxygen atoms in total. The summed E-state index contributed by atoms with van der Waals surface area (Å²) in [5.74, 6) is 0.149. The smallest absolute Gasteiger partial charge is 0.243 e. The number of piperidine rings is 1. The zero-order valence-corrected chi connectivity index (χ0v) is 17.6. The van der Waals surface area contributed by atoms with Crippen LogP contribution in [0.25, 0.3) is 0 Å². The Morgan fingerprint density at radius 2 is 1.85 bits per heavy atom. The fourth-order valence-corrected chi connectivity index (χ4v) is 4.95. The molecular formula is C19H29ClN2O3S. The highest BCUT2D eigenvalue weighted by atomic mass is 35.5. The Labute approximate surface area is 162 Å². The van der Waals surface area contributed by atoms with Crippen molar-refractivity contribution in [3.63, 3.8) is 0 Å². The Morgan fingerprint density at radius 1 is 1.23 bits per heavy atom. The van der Waals surface area contributed by atoms with Crippen molar-refractivity contribution in [2.75, 3.05) is 19.6 Å². The number of hydrogen-bond donors (Lipinski definition) is 0. The van der Waals surface area contributed by atoms with Crippen LogP contribution in [0.15, 0.2) is 29.2 Å². The molecule has 1 aromatic carbocycles. The van der Waals surface area contributed by atoms with Gasteiger partial charge in [0.15, 0.2) is 0 Å². The molecule has 1 atom stereocenters. The number of nitrogens with zero attached hydrogens (tertiary/aromatic N) is 2. The van der Waals surface area contributed by atoms with E-state index in [0.29, 0.717) is 30.5 Å². The maximum atomic E-state index is 13.0. The minimum atomic E-state index is -3.61. The Balaban J connectivity index is 2.17. The first-order valence-electron chi connectivity index (χ1n) is 9.19. The molecule has 1 amide bonds. The summed E-state index contributed by atoms with van der Waals surface area (Å²) < 4.78 is 27.3.